The molecular formula is C19H28N2O4S. The molecule has 0 bridgehead atoms. The number of amides is 1. The van der Waals surface area contributed by atoms with Gasteiger partial charge in [-0.25, -0.2) is 8.42 Å². The number of methoxy groups -OCH3 is 1. The zero-order valence-corrected chi connectivity index (χ0v) is 16.1. The molecule has 1 saturated carbocycles. The number of carbonyl (C=O) groups is 1. The molecule has 1 aliphatic heterocycles. The lowest BCUT2D eigenvalue weighted by molar-refractivity contribution is -0.128. The summed E-state index contributed by atoms with van der Waals surface area (Å²) in [4.78, 5) is 13.1. The molecule has 1 aromatic carbocycles. The standard InChI is InChI=1S/C19H28N2O4S/c1-25-13-12-20-18(22)17-14-21(15-19(17)10-6-3-7-11-19)26(23,24)16-8-4-2-5-9-16/h2,4-5,8-9,17H,3,6-7,10-15H2,1H3,(H,20,22). The van der Waals surface area contributed by atoms with Gasteiger partial charge in [-0.05, 0) is 30.4 Å². The summed E-state index contributed by atoms with van der Waals surface area (Å²) >= 11 is 0. The topological polar surface area (TPSA) is 75.7 Å². The zero-order valence-electron chi connectivity index (χ0n) is 15.3. The van der Waals surface area contributed by atoms with Crippen molar-refractivity contribution in [1.82, 2.24) is 9.62 Å². The molecular weight excluding hydrogens is 352 g/mol. The summed E-state index contributed by atoms with van der Waals surface area (Å²) in [6.07, 6.45) is 5.10. The van der Waals surface area contributed by atoms with Gasteiger partial charge in [0.05, 0.1) is 17.4 Å². The summed E-state index contributed by atoms with van der Waals surface area (Å²) in [5.41, 5.74) is -0.239. The highest BCUT2D eigenvalue weighted by Crippen LogP contribution is 2.48. The number of nitrogens with zero attached hydrogens (tertiary/aromatic N) is 1. The Morgan fingerprint density at radius 3 is 2.58 bits per heavy atom. The van der Waals surface area contributed by atoms with Crippen LogP contribution in [0.5, 0.6) is 0 Å². The second kappa shape index (κ2) is 8.06. The Morgan fingerprint density at radius 1 is 1.23 bits per heavy atom. The Labute approximate surface area is 156 Å². The van der Waals surface area contributed by atoms with Crippen molar-refractivity contribution in [1.29, 1.82) is 0 Å². The number of hydrogen-bond acceptors (Lipinski definition) is 4. The van der Waals surface area contributed by atoms with Crippen molar-refractivity contribution in [2.45, 2.75) is 37.0 Å². The van der Waals surface area contributed by atoms with Crippen molar-refractivity contribution < 1.29 is 17.9 Å². The first kappa shape index (κ1) is 19.3. The molecule has 26 heavy (non-hydrogen) atoms. The van der Waals surface area contributed by atoms with Gasteiger partial charge in [-0.2, -0.15) is 4.31 Å². The van der Waals surface area contributed by atoms with Crippen molar-refractivity contribution in [3.63, 3.8) is 0 Å². The van der Waals surface area contributed by atoms with E-state index in [2.05, 4.69) is 5.32 Å². The Bertz CT molecular complexity index is 714. The predicted octanol–water partition coefficient (Wildman–Crippen LogP) is 2.02. The lowest BCUT2D eigenvalue weighted by Crippen LogP contribution is -2.43. The minimum absolute atomic E-state index is 0.0466. The molecule has 1 spiro atoms. The van der Waals surface area contributed by atoms with Crippen LogP contribution in [0.2, 0.25) is 0 Å². The van der Waals surface area contributed by atoms with Crippen LogP contribution in [0.1, 0.15) is 32.1 Å². The third-order valence-electron chi connectivity index (χ3n) is 5.77. The van der Waals surface area contributed by atoms with E-state index in [9.17, 15) is 13.2 Å². The molecule has 1 amide bonds. The van der Waals surface area contributed by atoms with Crippen LogP contribution in [0.3, 0.4) is 0 Å². The predicted molar refractivity (Wildman–Crippen MR) is 99.1 cm³/mol. The molecule has 7 heteroatoms. The van der Waals surface area contributed by atoms with Gasteiger partial charge >= 0.3 is 0 Å². The highest BCUT2D eigenvalue weighted by Gasteiger charge is 2.52. The Hall–Kier alpha value is -1.44. The first-order valence-corrected chi connectivity index (χ1v) is 10.8. The van der Waals surface area contributed by atoms with Crippen LogP contribution in [0.15, 0.2) is 35.2 Å². The summed E-state index contributed by atoms with van der Waals surface area (Å²) in [6.45, 7) is 1.60. The van der Waals surface area contributed by atoms with Gasteiger partial charge in [-0.15, -0.1) is 0 Å². The monoisotopic (exact) mass is 380 g/mol. The van der Waals surface area contributed by atoms with E-state index in [0.29, 0.717) is 24.6 Å². The zero-order chi connectivity index (χ0) is 18.6. The maximum absolute atomic E-state index is 13.1. The van der Waals surface area contributed by atoms with Gasteiger partial charge in [0.25, 0.3) is 0 Å². The summed E-state index contributed by atoms with van der Waals surface area (Å²) in [5, 5.41) is 2.92. The normalized spacial score (nSPS) is 23.2. The summed E-state index contributed by atoms with van der Waals surface area (Å²) in [6, 6.07) is 8.50. The second-order valence-electron chi connectivity index (χ2n) is 7.37. The first-order valence-electron chi connectivity index (χ1n) is 9.31. The molecule has 0 radical (unpaired) electrons. The van der Waals surface area contributed by atoms with Gasteiger partial charge in [0.2, 0.25) is 15.9 Å². The van der Waals surface area contributed by atoms with Crippen molar-refractivity contribution in [2.75, 3.05) is 33.4 Å². The van der Waals surface area contributed by atoms with Gasteiger partial charge in [-0.1, -0.05) is 37.5 Å². The summed E-state index contributed by atoms with van der Waals surface area (Å²) < 4.78 is 32.7. The molecule has 1 N–H and O–H groups in total. The average molecular weight is 381 g/mol. The van der Waals surface area contributed by atoms with Crippen LogP contribution >= 0.6 is 0 Å². The van der Waals surface area contributed by atoms with E-state index in [1.165, 1.54) is 4.31 Å². The largest absolute Gasteiger partial charge is 0.383 e. The van der Waals surface area contributed by atoms with Gasteiger partial charge in [-0.3, -0.25) is 4.79 Å². The number of ether oxygens (including phenoxy) is 1. The molecule has 1 aliphatic carbocycles. The number of sulfonamides is 1. The third kappa shape index (κ3) is 3.80. The van der Waals surface area contributed by atoms with E-state index >= 15 is 0 Å². The molecule has 2 fully saturated rings. The van der Waals surface area contributed by atoms with E-state index < -0.39 is 10.0 Å². The SMILES string of the molecule is COCCNC(=O)C1CN(S(=O)(=O)c2ccccc2)CC12CCCCC2. The van der Waals surface area contributed by atoms with Crippen molar-refractivity contribution in [2.24, 2.45) is 11.3 Å². The third-order valence-corrected chi connectivity index (χ3v) is 7.59. The van der Waals surface area contributed by atoms with E-state index in [0.717, 1.165) is 32.1 Å². The summed E-state index contributed by atoms with van der Waals surface area (Å²) in [5.74, 6) is -0.340. The van der Waals surface area contributed by atoms with Crippen molar-refractivity contribution in [3.05, 3.63) is 30.3 Å². The highest BCUT2D eigenvalue weighted by molar-refractivity contribution is 7.89. The van der Waals surface area contributed by atoms with E-state index in [1.807, 2.05) is 0 Å². The number of hydrogen-bond donors (Lipinski definition) is 1. The highest BCUT2D eigenvalue weighted by atomic mass is 32.2. The minimum atomic E-state index is -3.58. The molecule has 1 atom stereocenters. The smallest absolute Gasteiger partial charge is 0.243 e. The summed E-state index contributed by atoms with van der Waals surface area (Å²) in [7, 11) is -1.98. The molecule has 6 nitrogen and oxygen atoms in total. The van der Waals surface area contributed by atoms with Crippen LogP contribution in [0.25, 0.3) is 0 Å². The fourth-order valence-corrected chi connectivity index (χ4v) is 5.94. The average Bonchev–Trinajstić information content (AvgIpc) is 3.03. The van der Waals surface area contributed by atoms with Crippen LogP contribution in [-0.2, 0) is 19.6 Å². The van der Waals surface area contributed by atoms with E-state index in [4.69, 9.17) is 4.74 Å². The van der Waals surface area contributed by atoms with E-state index in [-0.39, 0.29) is 23.8 Å². The lowest BCUT2D eigenvalue weighted by Gasteiger charge is -2.37. The van der Waals surface area contributed by atoms with Crippen LogP contribution < -0.4 is 5.32 Å². The Morgan fingerprint density at radius 2 is 1.92 bits per heavy atom. The van der Waals surface area contributed by atoms with Crippen molar-refractivity contribution in [3.8, 4) is 0 Å². The molecule has 0 aromatic heterocycles. The Kier molecular flexibility index (Phi) is 5.99. The van der Waals surface area contributed by atoms with Crippen LogP contribution in [0, 0.1) is 11.3 Å². The second-order valence-corrected chi connectivity index (χ2v) is 9.31. The fourth-order valence-electron chi connectivity index (χ4n) is 4.37. The minimum Gasteiger partial charge on any atom is -0.383 e. The lowest BCUT2D eigenvalue weighted by atomic mass is 9.67. The molecule has 1 aromatic rings. The van der Waals surface area contributed by atoms with Gasteiger partial charge in [0.1, 0.15) is 0 Å². The number of rotatable bonds is 6. The van der Waals surface area contributed by atoms with E-state index in [1.54, 1.807) is 37.4 Å². The van der Waals surface area contributed by atoms with Gasteiger partial charge in [0.15, 0.2) is 0 Å². The maximum atomic E-state index is 13.1. The Balaban J connectivity index is 1.83. The van der Waals surface area contributed by atoms with Crippen LogP contribution in [0.4, 0.5) is 0 Å². The number of nitrogens with one attached hydrogen (secondary N) is 1. The first-order chi connectivity index (χ1) is 12.5. The molecule has 1 heterocycles. The van der Waals surface area contributed by atoms with Crippen LogP contribution in [-0.4, -0.2) is 52.0 Å². The van der Waals surface area contributed by atoms with Crippen molar-refractivity contribution >= 4 is 15.9 Å². The molecule has 1 saturated heterocycles. The maximum Gasteiger partial charge on any atom is 0.243 e. The van der Waals surface area contributed by atoms with Gasteiger partial charge < -0.3 is 10.1 Å². The molecule has 1 unspecified atom stereocenters. The van der Waals surface area contributed by atoms with Gasteiger partial charge in [0, 0.05) is 26.7 Å². The molecule has 3 rings (SSSR count). The molecule has 144 valence electrons. The number of carbonyl (C=O) groups excluding carboxylic acids is 1. The molecule has 2 aliphatic rings. The number of benzene rings is 1. The fraction of sp³-hybridized carbons (Fsp3) is 0.632. The quantitative estimate of drug-likeness (QED) is 0.766.